The fourth-order valence-electron chi connectivity index (χ4n) is 7.40. The molecule has 240 valence electrons. The van der Waals surface area contributed by atoms with Gasteiger partial charge in [-0.1, -0.05) is 127 Å². The first kappa shape index (κ1) is 29.1. The van der Waals surface area contributed by atoms with Gasteiger partial charge in [0.05, 0.1) is 0 Å². The monoisotopic (exact) mass is 653 g/mol. The van der Waals surface area contributed by atoms with Crippen LogP contribution in [0.15, 0.2) is 197 Å². The average molecular weight is 654 g/mol. The maximum atomic E-state index is 6.58. The fraction of sp³-hybridized carbons (Fsp3) is 0. The van der Waals surface area contributed by atoms with E-state index in [1.54, 1.807) is 0 Å². The van der Waals surface area contributed by atoms with Crippen molar-refractivity contribution in [3.63, 3.8) is 0 Å². The van der Waals surface area contributed by atoms with E-state index in [0.29, 0.717) is 0 Å². The molecule has 0 saturated heterocycles. The number of fused-ring (bicyclic) bond motifs is 6. The molecule has 0 aliphatic heterocycles. The zero-order valence-corrected chi connectivity index (χ0v) is 27.7. The van der Waals surface area contributed by atoms with Gasteiger partial charge in [-0.25, -0.2) is 0 Å². The summed E-state index contributed by atoms with van der Waals surface area (Å²) >= 11 is 0. The lowest BCUT2D eigenvalue weighted by Crippen LogP contribution is -2.10. The molecule has 0 amide bonds. The molecular formula is C48H31NO2. The average Bonchev–Trinajstić information content (AvgIpc) is 3.75. The number of hydrogen-bond donors (Lipinski definition) is 0. The van der Waals surface area contributed by atoms with E-state index in [2.05, 4.69) is 175 Å². The van der Waals surface area contributed by atoms with Crippen molar-refractivity contribution >= 4 is 60.9 Å². The van der Waals surface area contributed by atoms with Gasteiger partial charge in [0, 0.05) is 50.7 Å². The van der Waals surface area contributed by atoms with Crippen LogP contribution in [0.25, 0.3) is 77.3 Å². The van der Waals surface area contributed by atoms with Crippen molar-refractivity contribution in [1.82, 2.24) is 0 Å². The highest BCUT2D eigenvalue weighted by atomic mass is 16.3. The first-order valence-electron chi connectivity index (χ1n) is 17.2. The van der Waals surface area contributed by atoms with Gasteiger partial charge in [-0.05, 0) is 81.9 Å². The molecule has 8 aromatic carbocycles. The lowest BCUT2D eigenvalue weighted by atomic mass is 9.93. The highest BCUT2D eigenvalue weighted by Crippen LogP contribution is 2.43. The first-order chi connectivity index (χ1) is 25.3. The van der Waals surface area contributed by atoms with Crippen LogP contribution in [-0.4, -0.2) is 0 Å². The van der Waals surface area contributed by atoms with Crippen LogP contribution >= 0.6 is 0 Å². The Bertz CT molecular complexity index is 2830. The van der Waals surface area contributed by atoms with E-state index in [4.69, 9.17) is 8.83 Å². The molecule has 0 N–H and O–H groups in total. The topological polar surface area (TPSA) is 29.5 Å². The smallest absolute Gasteiger partial charge is 0.139 e. The Hall–Kier alpha value is -6.84. The standard InChI is InChI=1S/C48H31NO2/c1-4-12-32(13-5-1)33-20-22-36(23-21-33)49(37-24-26-39(34-14-6-2-7-15-34)42(28-37)35-16-8-3-9-17-35)38-25-27-41-44-30-43-40-18-10-11-19-45(40)50-47(43)31-48(44)51-46(41)29-38/h1-31H. The zero-order valence-electron chi connectivity index (χ0n) is 27.7. The van der Waals surface area contributed by atoms with E-state index in [1.807, 2.05) is 18.2 Å². The maximum absolute atomic E-state index is 6.58. The Morgan fingerprint density at radius 3 is 1.47 bits per heavy atom. The summed E-state index contributed by atoms with van der Waals surface area (Å²) in [5.41, 5.74) is 13.6. The molecule has 0 saturated carbocycles. The third-order valence-electron chi connectivity index (χ3n) is 9.88. The number of para-hydroxylation sites is 1. The summed E-state index contributed by atoms with van der Waals surface area (Å²) in [7, 11) is 0. The Morgan fingerprint density at radius 2 is 0.765 bits per heavy atom. The Morgan fingerprint density at radius 1 is 0.275 bits per heavy atom. The minimum atomic E-state index is 0.811. The highest BCUT2D eigenvalue weighted by molar-refractivity contribution is 6.15. The summed E-state index contributed by atoms with van der Waals surface area (Å²) in [4.78, 5) is 2.32. The number of anilines is 3. The summed E-state index contributed by atoms with van der Waals surface area (Å²) in [5, 5.41) is 4.35. The van der Waals surface area contributed by atoms with Crippen LogP contribution in [0.5, 0.6) is 0 Å². The van der Waals surface area contributed by atoms with Gasteiger partial charge in [0.15, 0.2) is 0 Å². The van der Waals surface area contributed by atoms with E-state index >= 15 is 0 Å². The molecular weight excluding hydrogens is 623 g/mol. The minimum absolute atomic E-state index is 0.811. The second-order valence-corrected chi connectivity index (χ2v) is 12.9. The van der Waals surface area contributed by atoms with Gasteiger partial charge < -0.3 is 13.7 Å². The summed E-state index contributed by atoms with van der Waals surface area (Å²) in [6.45, 7) is 0. The van der Waals surface area contributed by atoms with E-state index in [0.717, 1.165) is 60.9 Å². The highest BCUT2D eigenvalue weighted by Gasteiger charge is 2.19. The quantitative estimate of drug-likeness (QED) is 0.179. The molecule has 0 bridgehead atoms. The summed E-state index contributed by atoms with van der Waals surface area (Å²) in [6.07, 6.45) is 0. The summed E-state index contributed by atoms with van der Waals surface area (Å²) in [5.74, 6) is 0. The molecule has 3 nitrogen and oxygen atoms in total. The molecule has 0 unspecified atom stereocenters. The van der Waals surface area contributed by atoms with Crippen molar-refractivity contribution < 1.29 is 8.83 Å². The van der Waals surface area contributed by atoms with Crippen molar-refractivity contribution in [3.8, 4) is 33.4 Å². The summed E-state index contributed by atoms with van der Waals surface area (Å²) < 4.78 is 12.8. The van der Waals surface area contributed by atoms with Crippen molar-refractivity contribution in [1.29, 1.82) is 0 Å². The fourth-order valence-corrected chi connectivity index (χ4v) is 7.40. The molecule has 2 aromatic heterocycles. The lowest BCUT2D eigenvalue weighted by molar-refractivity contribution is 0.656. The zero-order chi connectivity index (χ0) is 33.7. The largest absolute Gasteiger partial charge is 0.456 e. The van der Waals surface area contributed by atoms with E-state index in [1.165, 1.54) is 33.4 Å². The van der Waals surface area contributed by atoms with Gasteiger partial charge in [0.1, 0.15) is 22.3 Å². The van der Waals surface area contributed by atoms with Crippen LogP contribution < -0.4 is 4.90 Å². The van der Waals surface area contributed by atoms with Gasteiger partial charge >= 0.3 is 0 Å². The molecule has 3 heteroatoms. The van der Waals surface area contributed by atoms with Crippen molar-refractivity contribution in [2.75, 3.05) is 4.90 Å². The van der Waals surface area contributed by atoms with Crippen LogP contribution in [0.2, 0.25) is 0 Å². The maximum Gasteiger partial charge on any atom is 0.139 e. The second kappa shape index (κ2) is 11.9. The number of benzene rings is 8. The number of rotatable bonds is 6. The van der Waals surface area contributed by atoms with Crippen LogP contribution in [0.4, 0.5) is 17.1 Å². The molecule has 10 aromatic rings. The van der Waals surface area contributed by atoms with Gasteiger partial charge in [-0.2, -0.15) is 0 Å². The van der Waals surface area contributed by atoms with Crippen molar-refractivity contribution in [3.05, 3.63) is 188 Å². The lowest BCUT2D eigenvalue weighted by Gasteiger charge is -2.27. The second-order valence-electron chi connectivity index (χ2n) is 12.9. The van der Waals surface area contributed by atoms with Gasteiger partial charge in [0.2, 0.25) is 0 Å². The Kier molecular flexibility index (Phi) is 6.81. The number of furan rings is 2. The molecule has 0 spiro atoms. The van der Waals surface area contributed by atoms with E-state index in [9.17, 15) is 0 Å². The van der Waals surface area contributed by atoms with Crippen molar-refractivity contribution in [2.24, 2.45) is 0 Å². The predicted octanol–water partition coefficient (Wildman–Crippen LogP) is 14.0. The predicted molar refractivity (Wildman–Crippen MR) is 212 cm³/mol. The molecule has 0 aliphatic rings. The minimum Gasteiger partial charge on any atom is -0.456 e. The molecule has 10 rings (SSSR count). The van der Waals surface area contributed by atoms with Gasteiger partial charge in [-0.15, -0.1) is 0 Å². The number of nitrogens with zero attached hydrogens (tertiary/aromatic N) is 1. The molecule has 0 atom stereocenters. The van der Waals surface area contributed by atoms with Crippen LogP contribution in [0.1, 0.15) is 0 Å². The van der Waals surface area contributed by atoms with E-state index in [-0.39, 0.29) is 0 Å². The normalized spacial score (nSPS) is 11.5. The third-order valence-corrected chi connectivity index (χ3v) is 9.88. The Balaban J connectivity index is 1.15. The molecule has 51 heavy (non-hydrogen) atoms. The first-order valence-corrected chi connectivity index (χ1v) is 17.2. The SMILES string of the molecule is c1ccc(-c2ccc(N(c3ccc(-c4ccccc4)c(-c4ccccc4)c3)c3ccc4c(c3)oc3cc5oc6ccccc6c5cc34)cc2)cc1. The summed E-state index contributed by atoms with van der Waals surface area (Å²) in [6, 6.07) is 66.3. The van der Waals surface area contributed by atoms with Crippen LogP contribution in [-0.2, 0) is 0 Å². The van der Waals surface area contributed by atoms with E-state index < -0.39 is 0 Å². The van der Waals surface area contributed by atoms with Gasteiger partial charge in [-0.3, -0.25) is 0 Å². The number of hydrogen-bond acceptors (Lipinski definition) is 3. The molecule has 0 fully saturated rings. The molecule has 2 heterocycles. The van der Waals surface area contributed by atoms with Crippen LogP contribution in [0.3, 0.4) is 0 Å². The molecule has 0 radical (unpaired) electrons. The van der Waals surface area contributed by atoms with Crippen molar-refractivity contribution in [2.45, 2.75) is 0 Å². The third kappa shape index (κ3) is 5.06. The van der Waals surface area contributed by atoms with Gasteiger partial charge in [0.25, 0.3) is 0 Å². The van der Waals surface area contributed by atoms with Crippen LogP contribution in [0, 0.1) is 0 Å². The Labute approximate surface area is 295 Å². The molecule has 0 aliphatic carbocycles.